The number of aryl methyl sites for hydroxylation is 1. The van der Waals surface area contributed by atoms with Crippen LogP contribution in [-0.4, -0.2) is 62.4 Å². The summed E-state index contributed by atoms with van der Waals surface area (Å²) in [6.45, 7) is 4.20. The van der Waals surface area contributed by atoms with E-state index in [-0.39, 0.29) is 10.8 Å². The highest BCUT2D eigenvalue weighted by Crippen LogP contribution is 2.36. The van der Waals surface area contributed by atoms with Crippen molar-refractivity contribution in [2.75, 3.05) is 32.8 Å². The maximum absolute atomic E-state index is 13.4. The maximum atomic E-state index is 13.4. The number of benzene rings is 1. The van der Waals surface area contributed by atoms with Crippen molar-refractivity contribution >= 4 is 15.9 Å². The van der Waals surface area contributed by atoms with Gasteiger partial charge in [0.05, 0.1) is 18.1 Å². The summed E-state index contributed by atoms with van der Waals surface area (Å²) < 4.78 is 32.8. The summed E-state index contributed by atoms with van der Waals surface area (Å²) in [5.41, 5.74) is 1.37. The van der Waals surface area contributed by atoms with E-state index in [0.29, 0.717) is 43.8 Å². The maximum Gasteiger partial charge on any atom is 0.254 e. The second kappa shape index (κ2) is 8.13. The number of carbonyl (C=O) groups is 1. The first-order valence-corrected chi connectivity index (χ1v) is 11.9. The number of sulfonamides is 1. The van der Waals surface area contributed by atoms with E-state index in [9.17, 15) is 13.2 Å². The summed E-state index contributed by atoms with van der Waals surface area (Å²) >= 11 is 0. The molecule has 4 rings (SSSR count). The number of piperidine rings is 1. The quantitative estimate of drug-likeness (QED) is 0.774. The molecule has 2 atom stereocenters. The zero-order valence-corrected chi connectivity index (χ0v) is 17.4. The highest BCUT2D eigenvalue weighted by molar-refractivity contribution is 7.89. The molecule has 3 fully saturated rings. The van der Waals surface area contributed by atoms with E-state index in [1.807, 2.05) is 11.8 Å². The van der Waals surface area contributed by atoms with E-state index in [2.05, 4.69) is 0 Å². The Morgan fingerprint density at radius 2 is 1.75 bits per heavy atom. The SMILES string of the molecule is Cc1ccc(S(=O)(=O)N2CCOCC2)cc1C(=O)N1CCCC2CCCCC21. The molecule has 1 amide bonds. The van der Waals surface area contributed by atoms with Gasteiger partial charge in [-0.15, -0.1) is 0 Å². The van der Waals surface area contributed by atoms with Crippen molar-refractivity contribution in [1.29, 1.82) is 0 Å². The molecule has 1 aromatic rings. The highest BCUT2D eigenvalue weighted by Gasteiger charge is 2.37. The summed E-state index contributed by atoms with van der Waals surface area (Å²) in [5.74, 6) is 0.597. The average Bonchev–Trinajstić information content (AvgIpc) is 2.73. The highest BCUT2D eigenvalue weighted by atomic mass is 32.2. The molecule has 2 heterocycles. The number of nitrogens with zero attached hydrogens (tertiary/aromatic N) is 2. The monoisotopic (exact) mass is 406 g/mol. The molecule has 7 heteroatoms. The minimum absolute atomic E-state index is 0.00636. The number of hydrogen-bond donors (Lipinski definition) is 0. The Morgan fingerprint density at radius 1 is 1.04 bits per heavy atom. The van der Waals surface area contributed by atoms with Gasteiger partial charge < -0.3 is 9.64 Å². The number of carbonyl (C=O) groups excluding carboxylic acids is 1. The van der Waals surface area contributed by atoms with Crippen LogP contribution in [0.2, 0.25) is 0 Å². The molecule has 154 valence electrons. The predicted octanol–water partition coefficient (Wildman–Crippen LogP) is 2.81. The van der Waals surface area contributed by atoms with Crippen molar-refractivity contribution in [3.8, 4) is 0 Å². The Labute approximate surface area is 167 Å². The lowest BCUT2D eigenvalue weighted by Crippen LogP contribution is -2.49. The van der Waals surface area contributed by atoms with E-state index in [1.165, 1.54) is 30.0 Å². The number of morpholine rings is 1. The summed E-state index contributed by atoms with van der Waals surface area (Å²) in [6, 6.07) is 5.29. The fraction of sp³-hybridized carbons (Fsp3) is 0.667. The number of likely N-dealkylation sites (tertiary alicyclic amines) is 1. The summed E-state index contributed by atoms with van der Waals surface area (Å²) in [4.78, 5) is 15.7. The van der Waals surface area contributed by atoms with Gasteiger partial charge in [0.25, 0.3) is 5.91 Å². The van der Waals surface area contributed by atoms with E-state index >= 15 is 0 Å². The van der Waals surface area contributed by atoms with Crippen molar-refractivity contribution in [1.82, 2.24) is 9.21 Å². The van der Waals surface area contributed by atoms with Gasteiger partial charge in [-0.1, -0.05) is 18.9 Å². The van der Waals surface area contributed by atoms with E-state index in [4.69, 9.17) is 4.74 Å². The standard InChI is InChI=1S/C21H30N2O4S/c1-16-8-9-18(28(25,26)22-11-13-27-14-12-22)15-19(16)21(24)23-10-4-6-17-5-2-3-7-20(17)23/h8-9,15,17,20H,2-7,10-14H2,1H3. The van der Waals surface area contributed by atoms with E-state index in [0.717, 1.165) is 24.9 Å². The Bertz CT molecular complexity index is 831. The molecule has 0 aromatic heterocycles. The molecule has 6 nitrogen and oxygen atoms in total. The number of ether oxygens (including phenoxy) is 1. The molecule has 2 unspecified atom stereocenters. The van der Waals surface area contributed by atoms with E-state index < -0.39 is 10.0 Å². The van der Waals surface area contributed by atoms with Crippen molar-refractivity contribution in [3.63, 3.8) is 0 Å². The Kier molecular flexibility index (Phi) is 5.76. The second-order valence-corrected chi connectivity index (χ2v) is 10.2. The van der Waals surface area contributed by atoms with Crippen molar-refractivity contribution in [2.24, 2.45) is 5.92 Å². The van der Waals surface area contributed by atoms with Crippen LogP contribution >= 0.6 is 0 Å². The van der Waals surface area contributed by atoms with Crippen LogP contribution in [0.5, 0.6) is 0 Å². The van der Waals surface area contributed by atoms with Gasteiger partial charge in [-0.25, -0.2) is 8.42 Å². The molecule has 3 aliphatic rings. The minimum atomic E-state index is -3.61. The summed E-state index contributed by atoms with van der Waals surface area (Å²) in [6.07, 6.45) is 6.96. The van der Waals surface area contributed by atoms with Crippen LogP contribution < -0.4 is 0 Å². The zero-order valence-electron chi connectivity index (χ0n) is 16.6. The van der Waals surface area contributed by atoms with Crippen LogP contribution in [0, 0.1) is 12.8 Å². The van der Waals surface area contributed by atoms with Crippen LogP contribution in [0.25, 0.3) is 0 Å². The smallest absolute Gasteiger partial charge is 0.254 e. The second-order valence-electron chi connectivity index (χ2n) is 8.25. The molecule has 0 bridgehead atoms. The Morgan fingerprint density at radius 3 is 2.54 bits per heavy atom. The molecule has 2 aliphatic heterocycles. The van der Waals surface area contributed by atoms with Gasteiger partial charge >= 0.3 is 0 Å². The van der Waals surface area contributed by atoms with Crippen LogP contribution in [0.1, 0.15) is 54.4 Å². The third-order valence-electron chi connectivity index (χ3n) is 6.55. The van der Waals surface area contributed by atoms with Crippen LogP contribution in [0.4, 0.5) is 0 Å². The van der Waals surface area contributed by atoms with Crippen LogP contribution in [0.3, 0.4) is 0 Å². The van der Waals surface area contributed by atoms with Crippen LogP contribution in [0.15, 0.2) is 23.1 Å². The molecular formula is C21H30N2O4S. The molecule has 28 heavy (non-hydrogen) atoms. The predicted molar refractivity (Wildman–Crippen MR) is 107 cm³/mol. The number of rotatable bonds is 3. The topological polar surface area (TPSA) is 66.9 Å². The summed E-state index contributed by atoms with van der Waals surface area (Å²) in [7, 11) is -3.61. The Hall–Kier alpha value is -1.44. The zero-order chi connectivity index (χ0) is 19.7. The number of amides is 1. The van der Waals surface area contributed by atoms with Gasteiger partial charge in [0.1, 0.15) is 0 Å². The molecule has 1 saturated carbocycles. The minimum Gasteiger partial charge on any atom is -0.379 e. The third-order valence-corrected chi connectivity index (χ3v) is 8.45. The van der Waals surface area contributed by atoms with Gasteiger partial charge in [0.15, 0.2) is 0 Å². The average molecular weight is 407 g/mol. The van der Waals surface area contributed by atoms with Crippen molar-refractivity contribution in [3.05, 3.63) is 29.3 Å². The number of hydrogen-bond acceptors (Lipinski definition) is 4. The van der Waals surface area contributed by atoms with Crippen molar-refractivity contribution in [2.45, 2.75) is 56.4 Å². The van der Waals surface area contributed by atoms with E-state index in [1.54, 1.807) is 18.2 Å². The van der Waals surface area contributed by atoms with Gasteiger partial charge in [0.2, 0.25) is 10.0 Å². The fourth-order valence-corrected chi connectivity index (χ4v) is 6.39. The lowest BCUT2D eigenvalue weighted by Gasteiger charge is -2.44. The Balaban J connectivity index is 1.62. The normalized spacial score (nSPS) is 26.7. The van der Waals surface area contributed by atoms with Crippen LogP contribution in [-0.2, 0) is 14.8 Å². The van der Waals surface area contributed by atoms with Gasteiger partial charge in [-0.3, -0.25) is 4.79 Å². The molecule has 1 aromatic carbocycles. The number of fused-ring (bicyclic) bond motifs is 1. The molecule has 0 spiro atoms. The summed E-state index contributed by atoms with van der Waals surface area (Å²) in [5, 5.41) is 0. The van der Waals surface area contributed by atoms with Gasteiger partial charge in [-0.2, -0.15) is 4.31 Å². The molecule has 1 aliphatic carbocycles. The molecule has 0 N–H and O–H groups in total. The van der Waals surface area contributed by atoms with Gasteiger partial charge in [-0.05, 0) is 56.2 Å². The first-order chi connectivity index (χ1) is 13.5. The largest absolute Gasteiger partial charge is 0.379 e. The van der Waals surface area contributed by atoms with Crippen molar-refractivity contribution < 1.29 is 17.9 Å². The van der Waals surface area contributed by atoms with Gasteiger partial charge in [0, 0.05) is 31.2 Å². The first-order valence-electron chi connectivity index (χ1n) is 10.5. The lowest BCUT2D eigenvalue weighted by molar-refractivity contribution is 0.0389. The molecular weight excluding hydrogens is 376 g/mol. The fourth-order valence-electron chi connectivity index (χ4n) is 4.96. The first kappa shape index (κ1) is 19.9. The molecule has 0 radical (unpaired) electrons. The lowest BCUT2D eigenvalue weighted by atomic mass is 9.78. The molecule has 2 saturated heterocycles. The third kappa shape index (κ3) is 3.72.